The van der Waals surface area contributed by atoms with E-state index in [2.05, 4.69) is 20.5 Å². The van der Waals surface area contributed by atoms with Crippen molar-refractivity contribution in [1.29, 1.82) is 0 Å². The van der Waals surface area contributed by atoms with E-state index < -0.39 is 5.60 Å². The number of pyridine rings is 1. The summed E-state index contributed by atoms with van der Waals surface area (Å²) in [5.41, 5.74) is 0.168. The summed E-state index contributed by atoms with van der Waals surface area (Å²) >= 11 is 0. The molecular formula is C19H30N4O3. The van der Waals surface area contributed by atoms with Crippen LogP contribution in [0.25, 0.3) is 0 Å². The van der Waals surface area contributed by atoms with Gasteiger partial charge in [0, 0.05) is 37.6 Å². The average Bonchev–Trinajstić information content (AvgIpc) is 3.04. The smallest absolute Gasteiger partial charge is 0.407 e. The molecule has 1 fully saturated rings. The van der Waals surface area contributed by atoms with Crippen LogP contribution in [0.15, 0.2) is 24.5 Å². The van der Waals surface area contributed by atoms with E-state index in [-0.39, 0.29) is 12.0 Å². The third-order valence-corrected chi connectivity index (χ3v) is 4.18. The molecule has 0 bridgehead atoms. The molecule has 1 aromatic rings. The van der Waals surface area contributed by atoms with Crippen molar-refractivity contribution in [2.24, 2.45) is 5.92 Å². The van der Waals surface area contributed by atoms with Gasteiger partial charge < -0.3 is 20.3 Å². The quantitative estimate of drug-likeness (QED) is 0.725. The van der Waals surface area contributed by atoms with Gasteiger partial charge in [0.25, 0.3) is 5.91 Å². The van der Waals surface area contributed by atoms with E-state index in [1.165, 1.54) is 0 Å². The van der Waals surface area contributed by atoms with Crippen LogP contribution in [0.4, 0.5) is 4.79 Å². The molecule has 0 radical (unpaired) electrons. The Hall–Kier alpha value is -2.15. The van der Waals surface area contributed by atoms with E-state index in [1.54, 1.807) is 24.5 Å². The lowest BCUT2D eigenvalue weighted by Crippen LogP contribution is -2.36. The average molecular weight is 362 g/mol. The fourth-order valence-corrected chi connectivity index (χ4v) is 2.93. The van der Waals surface area contributed by atoms with Crippen molar-refractivity contribution in [3.63, 3.8) is 0 Å². The molecule has 0 spiro atoms. The summed E-state index contributed by atoms with van der Waals surface area (Å²) < 4.78 is 5.25. The second kappa shape index (κ2) is 9.52. The van der Waals surface area contributed by atoms with Gasteiger partial charge in [-0.3, -0.25) is 9.78 Å². The van der Waals surface area contributed by atoms with E-state index in [4.69, 9.17) is 4.74 Å². The van der Waals surface area contributed by atoms with Crippen LogP contribution in [0, 0.1) is 5.92 Å². The van der Waals surface area contributed by atoms with Crippen LogP contribution < -0.4 is 10.6 Å². The van der Waals surface area contributed by atoms with E-state index in [1.807, 2.05) is 20.8 Å². The fourth-order valence-electron chi connectivity index (χ4n) is 2.93. The zero-order valence-corrected chi connectivity index (χ0v) is 16.0. The maximum absolute atomic E-state index is 11.9. The maximum Gasteiger partial charge on any atom is 0.407 e. The number of nitrogens with zero attached hydrogens (tertiary/aromatic N) is 2. The highest BCUT2D eigenvalue weighted by atomic mass is 16.6. The van der Waals surface area contributed by atoms with Crippen LogP contribution in [-0.4, -0.2) is 60.2 Å². The number of carbonyl (C=O) groups excluding carboxylic acids is 2. The first kappa shape index (κ1) is 20.2. The van der Waals surface area contributed by atoms with Gasteiger partial charge in [0.15, 0.2) is 0 Å². The number of rotatable bonds is 7. The zero-order chi connectivity index (χ0) is 19.0. The van der Waals surface area contributed by atoms with Gasteiger partial charge in [-0.25, -0.2) is 4.79 Å². The largest absolute Gasteiger partial charge is 0.444 e. The highest BCUT2D eigenvalue weighted by Crippen LogP contribution is 2.15. The maximum atomic E-state index is 11.9. The first-order chi connectivity index (χ1) is 12.3. The number of hydrogen-bond acceptors (Lipinski definition) is 5. The molecule has 0 aromatic carbocycles. The van der Waals surface area contributed by atoms with Crippen LogP contribution in [0.5, 0.6) is 0 Å². The van der Waals surface area contributed by atoms with Crippen LogP contribution in [0.2, 0.25) is 0 Å². The van der Waals surface area contributed by atoms with Crippen molar-refractivity contribution in [3.8, 4) is 0 Å². The number of alkyl carbamates (subject to hydrolysis) is 1. The van der Waals surface area contributed by atoms with Gasteiger partial charge in [-0.15, -0.1) is 0 Å². The highest BCUT2D eigenvalue weighted by molar-refractivity contribution is 5.93. The standard InChI is InChI=1S/C19H30N4O3/c1-19(2,3)26-18(25)22-13-15-7-12-23(14-15)11-4-8-21-17(24)16-5-9-20-10-6-16/h5-6,9-10,15H,4,7-8,11-14H2,1-3H3,(H,21,24)(H,22,25). The van der Waals surface area contributed by atoms with Gasteiger partial charge in [-0.2, -0.15) is 0 Å². The second-order valence-corrected chi connectivity index (χ2v) is 7.68. The Morgan fingerprint density at radius 3 is 2.69 bits per heavy atom. The number of amides is 2. The predicted molar refractivity (Wildman–Crippen MR) is 100.0 cm³/mol. The van der Waals surface area contributed by atoms with Gasteiger partial charge in [0.05, 0.1) is 0 Å². The third kappa shape index (κ3) is 7.39. The lowest BCUT2D eigenvalue weighted by atomic mass is 10.1. The first-order valence-corrected chi connectivity index (χ1v) is 9.21. The van der Waals surface area contributed by atoms with Crippen molar-refractivity contribution >= 4 is 12.0 Å². The van der Waals surface area contributed by atoms with Gasteiger partial charge in [-0.1, -0.05) is 0 Å². The molecule has 2 N–H and O–H groups in total. The zero-order valence-electron chi connectivity index (χ0n) is 16.0. The molecule has 1 aromatic heterocycles. The minimum absolute atomic E-state index is 0.0618. The van der Waals surface area contributed by atoms with Crippen molar-refractivity contribution in [1.82, 2.24) is 20.5 Å². The Bertz CT molecular complexity index is 586. The molecule has 1 saturated heterocycles. The lowest BCUT2D eigenvalue weighted by Gasteiger charge is -2.21. The van der Waals surface area contributed by atoms with Gasteiger partial charge in [0.1, 0.15) is 5.60 Å². The Labute approximate surface area is 155 Å². The third-order valence-electron chi connectivity index (χ3n) is 4.18. The van der Waals surface area contributed by atoms with Crippen LogP contribution >= 0.6 is 0 Å². The van der Waals surface area contributed by atoms with Gasteiger partial charge in [-0.05, 0) is 64.8 Å². The molecule has 2 amide bonds. The molecule has 1 aliphatic rings. The fraction of sp³-hybridized carbons (Fsp3) is 0.632. The number of carbonyl (C=O) groups is 2. The SMILES string of the molecule is CC(C)(C)OC(=O)NCC1CCN(CCCNC(=O)c2ccncc2)C1. The first-order valence-electron chi connectivity index (χ1n) is 9.21. The number of ether oxygens (including phenoxy) is 1. The Kier molecular flexibility index (Phi) is 7.38. The molecule has 0 saturated carbocycles. The molecule has 1 atom stereocenters. The minimum atomic E-state index is -0.466. The minimum Gasteiger partial charge on any atom is -0.444 e. The summed E-state index contributed by atoms with van der Waals surface area (Å²) in [6.07, 6.45) is 4.85. The van der Waals surface area contributed by atoms with E-state index >= 15 is 0 Å². The monoisotopic (exact) mass is 362 g/mol. The second-order valence-electron chi connectivity index (χ2n) is 7.68. The highest BCUT2D eigenvalue weighted by Gasteiger charge is 2.23. The lowest BCUT2D eigenvalue weighted by molar-refractivity contribution is 0.0519. The van der Waals surface area contributed by atoms with Gasteiger partial charge >= 0.3 is 6.09 Å². The predicted octanol–water partition coefficient (Wildman–Crippen LogP) is 2.05. The molecule has 0 aliphatic carbocycles. The van der Waals surface area contributed by atoms with E-state index in [0.717, 1.165) is 32.5 Å². The number of nitrogens with one attached hydrogen (secondary N) is 2. The normalized spacial score (nSPS) is 17.7. The number of hydrogen-bond donors (Lipinski definition) is 2. The Morgan fingerprint density at radius 2 is 2.00 bits per heavy atom. The summed E-state index contributed by atoms with van der Waals surface area (Å²) in [6, 6.07) is 3.41. The van der Waals surface area contributed by atoms with Crippen molar-refractivity contribution in [2.45, 2.75) is 39.2 Å². The van der Waals surface area contributed by atoms with Crippen LogP contribution in [0.3, 0.4) is 0 Å². The summed E-state index contributed by atoms with van der Waals surface area (Å²) in [4.78, 5) is 29.9. The van der Waals surface area contributed by atoms with Crippen LogP contribution in [-0.2, 0) is 4.74 Å². The molecular weight excluding hydrogens is 332 g/mol. The van der Waals surface area contributed by atoms with Crippen LogP contribution in [0.1, 0.15) is 44.0 Å². The summed E-state index contributed by atoms with van der Waals surface area (Å²) in [6.45, 7) is 9.81. The van der Waals surface area contributed by atoms with Crippen molar-refractivity contribution in [2.75, 3.05) is 32.7 Å². The Morgan fingerprint density at radius 1 is 1.27 bits per heavy atom. The van der Waals surface area contributed by atoms with Gasteiger partial charge in [0.2, 0.25) is 0 Å². The summed E-state index contributed by atoms with van der Waals surface area (Å²) in [5, 5.41) is 5.78. The summed E-state index contributed by atoms with van der Waals surface area (Å²) in [7, 11) is 0. The number of aromatic nitrogens is 1. The van der Waals surface area contributed by atoms with E-state index in [9.17, 15) is 9.59 Å². The molecule has 7 heteroatoms. The summed E-state index contributed by atoms with van der Waals surface area (Å²) in [5.74, 6) is 0.391. The molecule has 1 aliphatic heterocycles. The molecule has 1 unspecified atom stereocenters. The topological polar surface area (TPSA) is 83.6 Å². The molecule has 26 heavy (non-hydrogen) atoms. The van der Waals surface area contributed by atoms with E-state index in [0.29, 0.717) is 24.6 Å². The number of likely N-dealkylation sites (tertiary alicyclic amines) is 1. The molecule has 2 heterocycles. The molecule has 2 rings (SSSR count). The Balaban J connectivity index is 1.57. The molecule has 144 valence electrons. The van der Waals surface area contributed by atoms with Crippen molar-refractivity contribution < 1.29 is 14.3 Å². The van der Waals surface area contributed by atoms with Crippen molar-refractivity contribution in [3.05, 3.63) is 30.1 Å². The molecule has 7 nitrogen and oxygen atoms in total.